The van der Waals surface area contributed by atoms with E-state index in [0.29, 0.717) is 52.8 Å². The Labute approximate surface area is 226 Å². The first-order valence-electron chi connectivity index (χ1n) is 13.1. The Hall–Kier alpha value is -4.72. The van der Waals surface area contributed by atoms with Gasteiger partial charge in [-0.1, -0.05) is 65.7 Å². The lowest BCUT2D eigenvalue weighted by molar-refractivity contribution is 0.320. The molecule has 0 atom stereocenters. The van der Waals surface area contributed by atoms with Crippen LogP contribution in [0.3, 0.4) is 0 Å². The van der Waals surface area contributed by atoms with Crippen LogP contribution in [0.2, 0.25) is 0 Å². The van der Waals surface area contributed by atoms with Crippen molar-refractivity contribution < 1.29 is 9.47 Å². The molecule has 8 nitrogen and oxygen atoms in total. The molecule has 39 heavy (non-hydrogen) atoms. The van der Waals surface area contributed by atoms with Crippen LogP contribution < -0.4 is 20.6 Å². The zero-order valence-corrected chi connectivity index (χ0v) is 22.5. The van der Waals surface area contributed by atoms with Gasteiger partial charge in [-0.25, -0.2) is 0 Å². The van der Waals surface area contributed by atoms with Crippen molar-refractivity contribution in [3.8, 4) is 34.0 Å². The summed E-state index contributed by atoms with van der Waals surface area (Å²) in [6.45, 7) is 8.73. The Kier molecular flexibility index (Phi) is 7.27. The standard InChI is InChI=1S/C31H32N4O4/c1-5-38-22-15-16-23(24(17-22)39-6-2)25(26-28(32-34-30(26)36)20-11-7-18(3)8-12-20)27-29(33-35-31(27)37)21-13-9-19(4)10-14-21/h7-17,25H,5-6H2,1-4H3,(H2,32,34,36)(H2,33,35,37). The zero-order chi connectivity index (χ0) is 27.5. The second-order valence-electron chi connectivity index (χ2n) is 9.47. The van der Waals surface area contributed by atoms with Gasteiger partial charge in [0.15, 0.2) is 0 Å². The Morgan fingerprint density at radius 3 is 1.59 bits per heavy atom. The Morgan fingerprint density at radius 2 is 1.13 bits per heavy atom. The van der Waals surface area contributed by atoms with Crippen LogP contribution in [-0.4, -0.2) is 33.6 Å². The lowest BCUT2D eigenvalue weighted by Gasteiger charge is -2.21. The van der Waals surface area contributed by atoms with Gasteiger partial charge in [0.05, 0.1) is 41.6 Å². The van der Waals surface area contributed by atoms with E-state index in [9.17, 15) is 9.59 Å². The molecule has 0 unspecified atom stereocenters. The largest absolute Gasteiger partial charge is 0.494 e. The number of hydrogen-bond acceptors (Lipinski definition) is 4. The van der Waals surface area contributed by atoms with E-state index in [-0.39, 0.29) is 11.1 Å². The third kappa shape index (κ3) is 5.05. The van der Waals surface area contributed by atoms with Gasteiger partial charge >= 0.3 is 0 Å². The fourth-order valence-electron chi connectivity index (χ4n) is 4.93. The van der Waals surface area contributed by atoms with Crippen LogP contribution in [0.4, 0.5) is 0 Å². The van der Waals surface area contributed by atoms with Gasteiger partial charge in [-0.05, 0) is 44.9 Å². The van der Waals surface area contributed by atoms with Crippen molar-refractivity contribution in [1.29, 1.82) is 0 Å². The van der Waals surface area contributed by atoms with Crippen molar-refractivity contribution in [2.24, 2.45) is 0 Å². The number of rotatable bonds is 9. The number of H-pyrrole nitrogens is 4. The fourth-order valence-corrected chi connectivity index (χ4v) is 4.93. The van der Waals surface area contributed by atoms with Crippen molar-refractivity contribution in [3.05, 3.63) is 115 Å². The Morgan fingerprint density at radius 1 is 0.641 bits per heavy atom. The molecule has 0 radical (unpaired) electrons. The summed E-state index contributed by atoms with van der Waals surface area (Å²) in [7, 11) is 0. The maximum absolute atomic E-state index is 13.6. The summed E-state index contributed by atoms with van der Waals surface area (Å²) in [5.41, 5.74) is 5.95. The Bertz CT molecular complexity index is 1590. The number of hydrogen-bond donors (Lipinski definition) is 4. The van der Waals surface area contributed by atoms with Gasteiger partial charge in [0.25, 0.3) is 11.1 Å². The number of aromatic nitrogens is 4. The lowest BCUT2D eigenvalue weighted by Crippen LogP contribution is -2.21. The minimum absolute atomic E-state index is 0.317. The first-order chi connectivity index (χ1) is 18.9. The summed E-state index contributed by atoms with van der Waals surface area (Å²) in [6, 6.07) is 21.3. The van der Waals surface area contributed by atoms with E-state index in [1.165, 1.54) is 0 Å². The second-order valence-corrected chi connectivity index (χ2v) is 9.47. The predicted molar refractivity (Wildman–Crippen MR) is 153 cm³/mol. The second kappa shape index (κ2) is 10.9. The van der Waals surface area contributed by atoms with Crippen molar-refractivity contribution in [1.82, 2.24) is 20.4 Å². The minimum atomic E-state index is -0.764. The zero-order valence-electron chi connectivity index (χ0n) is 22.5. The molecule has 0 bridgehead atoms. The SMILES string of the molecule is CCOc1ccc(C(c2c(-c3ccc(C)cc3)[nH][nH]c2=O)c2c(-c3ccc(C)cc3)[nH][nH]c2=O)c(OCC)c1. The van der Waals surface area contributed by atoms with E-state index in [2.05, 4.69) is 20.4 Å². The van der Waals surface area contributed by atoms with E-state index in [1.54, 1.807) is 0 Å². The molecule has 0 aliphatic rings. The third-order valence-electron chi connectivity index (χ3n) is 6.79. The average Bonchev–Trinajstić information content (AvgIpc) is 3.50. The monoisotopic (exact) mass is 524 g/mol. The molecule has 2 aromatic heterocycles. The maximum Gasteiger partial charge on any atom is 0.268 e. The van der Waals surface area contributed by atoms with E-state index in [0.717, 1.165) is 22.3 Å². The normalized spacial score (nSPS) is 11.2. The van der Waals surface area contributed by atoms with Gasteiger partial charge in [-0.3, -0.25) is 30.0 Å². The van der Waals surface area contributed by atoms with Gasteiger partial charge in [0.1, 0.15) is 11.5 Å². The van der Waals surface area contributed by atoms with Crippen LogP contribution in [0.5, 0.6) is 11.5 Å². The highest BCUT2D eigenvalue weighted by Crippen LogP contribution is 2.42. The highest BCUT2D eigenvalue weighted by Gasteiger charge is 2.33. The molecule has 4 N–H and O–H groups in total. The first-order valence-corrected chi connectivity index (χ1v) is 13.1. The summed E-state index contributed by atoms with van der Waals surface area (Å²) in [4.78, 5) is 27.1. The van der Waals surface area contributed by atoms with Gasteiger partial charge in [-0.15, -0.1) is 0 Å². The van der Waals surface area contributed by atoms with Crippen LogP contribution in [0.1, 0.15) is 47.6 Å². The molecule has 8 heteroatoms. The highest BCUT2D eigenvalue weighted by molar-refractivity contribution is 5.71. The van der Waals surface area contributed by atoms with E-state index in [4.69, 9.17) is 9.47 Å². The number of nitrogens with one attached hydrogen (secondary N) is 4. The van der Waals surface area contributed by atoms with Gasteiger partial charge in [0.2, 0.25) is 0 Å². The molecule has 0 amide bonds. The molecule has 200 valence electrons. The fraction of sp³-hybridized carbons (Fsp3) is 0.226. The molecular weight excluding hydrogens is 492 g/mol. The van der Waals surface area contributed by atoms with Crippen LogP contribution in [0.15, 0.2) is 76.3 Å². The van der Waals surface area contributed by atoms with Crippen molar-refractivity contribution in [3.63, 3.8) is 0 Å². The van der Waals surface area contributed by atoms with Crippen LogP contribution in [0.25, 0.3) is 22.5 Å². The van der Waals surface area contributed by atoms with E-state index >= 15 is 0 Å². The highest BCUT2D eigenvalue weighted by atomic mass is 16.5. The summed E-state index contributed by atoms with van der Waals surface area (Å²) in [5, 5.41) is 11.7. The average molecular weight is 525 g/mol. The summed E-state index contributed by atoms with van der Waals surface area (Å²) in [6.07, 6.45) is 0. The molecular formula is C31H32N4O4. The number of aryl methyl sites for hydroxylation is 2. The molecule has 0 spiro atoms. The molecule has 5 aromatic rings. The lowest BCUT2D eigenvalue weighted by atomic mass is 9.82. The first kappa shape index (κ1) is 25.9. The van der Waals surface area contributed by atoms with Gasteiger partial charge in [-0.2, -0.15) is 0 Å². The van der Waals surface area contributed by atoms with Gasteiger partial charge in [0, 0.05) is 11.6 Å². The number of aromatic amines is 4. The molecule has 2 heterocycles. The number of ether oxygens (including phenoxy) is 2. The maximum atomic E-state index is 13.6. The predicted octanol–water partition coefficient (Wildman–Crippen LogP) is 5.65. The molecule has 0 aliphatic carbocycles. The molecule has 0 fully saturated rings. The molecule has 5 rings (SSSR count). The molecule has 3 aromatic carbocycles. The Balaban J connectivity index is 1.82. The third-order valence-corrected chi connectivity index (χ3v) is 6.79. The summed E-state index contributed by atoms with van der Waals surface area (Å²) >= 11 is 0. The van der Waals surface area contributed by atoms with E-state index in [1.807, 2.05) is 94.4 Å². The topological polar surface area (TPSA) is 116 Å². The van der Waals surface area contributed by atoms with Crippen LogP contribution >= 0.6 is 0 Å². The van der Waals surface area contributed by atoms with Crippen molar-refractivity contribution in [2.45, 2.75) is 33.6 Å². The quantitative estimate of drug-likeness (QED) is 0.199. The summed E-state index contributed by atoms with van der Waals surface area (Å²) < 4.78 is 11.8. The minimum Gasteiger partial charge on any atom is -0.494 e. The molecule has 0 aliphatic heterocycles. The molecule has 0 saturated carbocycles. The molecule has 0 saturated heterocycles. The van der Waals surface area contributed by atoms with Crippen LogP contribution in [-0.2, 0) is 0 Å². The smallest absolute Gasteiger partial charge is 0.268 e. The summed E-state index contributed by atoms with van der Waals surface area (Å²) in [5.74, 6) is 0.422. The number of benzene rings is 3. The van der Waals surface area contributed by atoms with Crippen molar-refractivity contribution >= 4 is 0 Å². The van der Waals surface area contributed by atoms with Crippen molar-refractivity contribution in [2.75, 3.05) is 13.2 Å². The van der Waals surface area contributed by atoms with Crippen LogP contribution in [0, 0.1) is 13.8 Å². The van der Waals surface area contributed by atoms with E-state index < -0.39 is 5.92 Å². The van der Waals surface area contributed by atoms with Gasteiger partial charge < -0.3 is 9.47 Å².